The highest BCUT2D eigenvalue weighted by Crippen LogP contribution is 2.39. The highest BCUT2D eigenvalue weighted by molar-refractivity contribution is 5.75. The molecule has 0 bridgehead atoms. The molecule has 0 aromatic heterocycles. The van der Waals surface area contributed by atoms with Gasteiger partial charge in [0.05, 0.1) is 0 Å². The van der Waals surface area contributed by atoms with E-state index in [0.717, 1.165) is 25.7 Å². The zero-order valence-electron chi connectivity index (χ0n) is 22.0. The van der Waals surface area contributed by atoms with Crippen LogP contribution in [0.2, 0.25) is 0 Å². The SMILES string of the molecule is CC1=C(N(C2=CC=C(c3ccccc3)CC2)c2ccc(-c3ccccc3)cc2)CCC(c2ccccc2)=C1. The average molecular weight is 492 g/mol. The van der Waals surface area contributed by atoms with Crippen molar-refractivity contribution in [3.63, 3.8) is 0 Å². The van der Waals surface area contributed by atoms with E-state index in [1.165, 1.54) is 56.1 Å². The summed E-state index contributed by atoms with van der Waals surface area (Å²) in [7, 11) is 0. The van der Waals surface area contributed by atoms with E-state index in [2.05, 4.69) is 145 Å². The molecule has 0 saturated heterocycles. The first-order valence-corrected chi connectivity index (χ1v) is 13.6. The minimum atomic E-state index is 1.02. The molecule has 0 amide bonds. The summed E-state index contributed by atoms with van der Waals surface area (Å²) in [5.74, 6) is 0. The first kappa shape index (κ1) is 24.0. The predicted molar refractivity (Wildman–Crippen MR) is 162 cm³/mol. The Balaban J connectivity index is 1.39. The maximum Gasteiger partial charge on any atom is 0.0455 e. The van der Waals surface area contributed by atoms with Gasteiger partial charge in [0.2, 0.25) is 0 Å². The second-order valence-electron chi connectivity index (χ2n) is 10.1. The van der Waals surface area contributed by atoms with E-state index in [-0.39, 0.29) is 0 Å². The Labute approximate surface area is 226 Å². The van der Waals surface area contributed by atoms with Crippen LogP contribution in [0.15, 0.2) is 150 Å². The number of anilines is 1. The van der Waals surface area contributed by atoms with E-state index in [1.807, 2.05) is 0 Å². The maximum absolute atomic E-state index is 2.53. The molecule has 0 spiro atoms. The van der Waals surface area contributed by atoms with Crippen LogP contribution in [0.3, 0.4) is 0 Å². The lowest BCUT2D eigenvalue weighted by atomic mass is 9.90. The lowest BCUT2D eigenvalue weighted by Gasteiger charge is -2.35. The summed E-state index contributed by atoms with van der Waals surface area (Å²) in [6.07, 6.45) is 11.2. The molecule has 0 saturated carbocycles. The van der Waals surface area contributed by atoms with Crippen LogP contribution in [0, 0.1) is 0 Å². The average Bonchev–Trinajstić information content (AvgIpc) is 3.00. The second kappa shape index (κ2) is 10.9. The van der Waals surface area contributed by atoms with Crippen LogP contribution in [0.5, 0.6) is 0 Å². The van der Waals surface area contributed by atoms with Crippen molar-refractivity contribution in [3.05, 3.63) is 162 Å². The molecule has 0 heterocycles. The van der Waals surface area contributed by atoms with Crippen molar-refractivity contribution in [3.8, 4) is 11.1 Å². The normalized spacial score (nSPS) is 15.4. The Kier molecular flexibility index (Phi) is 6.91. The lowest BCUT2D eigenvalue weighted by Crippen LogP contribution is -2.25. The Hall–Kier alpha value is -4.36. The Bertz CT molecular complexity index is 1520. The summed E-state index contributed by atoms with van der Waals surface area (Å²) in [5.41, 5.74) is 13.3. The third-order valence-electron chi connectivity index (χ3n) is 7.68. The van der Waals surface area contributed by atoms with Crippen LogP contribution in [0.4, 0.5) is 5.69 Å². The van der Waals surface area contributed by atoms with Crippen LogP contribution in [0.25, 0.3) is 22.3 Å². The molecule has 0 unspecified atom stereocenters. The molecule has 1 nitrogen and oxygen atoms in total. The number of allylic oxidation sites excluding steroid dienone is 8. The van der Waals surface area contributed by atoms with Gasteiger partial charge in [0.1, 0.15) is 0 Å². The molecule has 0 N–H and O–H groups in total. The summed E-state index contributed by atoms with van der Waals surface area (Å²) >= 11 is 0. The topological polar surface area (TPSA) is 3.24 Å². The zero-order chi connectivity index (χ0) is 25.7. The molecule has 4 aromatic rings. The number of hydrogen-bond donors (Lipinski definition) is 0. The van der Waals surface area contributed by atoms with E-state index in [1.54, 1.807) is 0 Å². The van der Waals surface area contributed by atoms with Gasteiger partial charge in [0, 0.05) is 17.1 Å². The van der Waals surface area contributed by atoms with Gasteiger partial charge in [-0.05, 0) is 89.8 Å². The molecule has 4 aromatic carbocycles. The van der Waals surface area contributed by atoms with Gasteiger partial charge in [0.25, 0.3) is 0 Å². The summed E-state index contributed by atoms with van der Waals surface area (Å²) < 4.78 is 0. The zero-order valence-corrected chi connectivity index (χ0v) is 22.0. The highest BCUT2D eigenvalue weighted by Gasteiger charge is 2.23. The summed E-state index contributed by atoms with van der Waals surface area (Å²) in [4.78, 5) is 2.53. The predicted octanol–water partition coefficient (Wildman–Crippen LogP) is 10.1. The van der Waals surface area contributed by atoms with Gasteiger partial charge < -0.3 is 4.90 Å². The van der Waals surface area contributed by atoms with Crippen molar-refractivity contribution >= 4 is 16.8 Å². The second-order valence-corrected chi connectivity index (χ2v) is 10.1. The van der Waals surface area contributed by atoms with Gasteiger partial charge in [-0.15, -0.1) is 0 Å². The van der Waals surface area contributed by atoms with E-state index < -0.39 is 0 Å². The summed E-state index contributed by atoms with van der Waals surface area (Å²) in [6.45, 7) is 2.28. The van der Waals surface area contributed by atoms with Crippen LogP contribution >= 0.6 is 0 Å². The third-order valence-corrected chi connectivity index (χ3v) is 7.68. The molecule has 6 rings (SSSR count). The largest absolute Gasteiger partial charge is 0.318 e. The van der Waals surface area contributed by atoms with E-state index >= 15 is 0 Å². The van der Waals surface area contributed by atoms with Gasteiger partial charge in [-0.1, -0.05) is 115 Å². The van der Waals surface area contributed by atoms with E-state index in [4.69, 9.17) is 0 Å². The number of nitrogens with zero attached hydrogens (tertiary/aromatic N) is 1. The Morgan fingerprint density at radius 2 is 1.00 bits per heavy atom. The number of hydrogen-bond acceptors (Lipinski definition) is 1. The van der Waals surface area contributed by atoms with Gasteiger partial charge in [-0.2, -0.15) is 0 Å². The van der Waals surface area contributed by atoms with Crippen molar-refractivity contribution in [2.24, 2.45) is 0 Å². The molecule has 2 aliphatic carbocycles. The fourth-order valence-electron chi connectivity index (χ4n) is 5.67. The van der Waals surface area contributed by atoms with Crippen molar-refractivity contribution in [1.29, 1.82) is 0 Å². The van der Waals surface area contributed by atoms with Crippen molar-refractivity contribution < 1.29 is 0 Å². The van der Waals surface area contributed by atoms with Crippen LogP contribution < -0.4 is 4.90 Å². The molecule has 0 fully saturated rings. The van der Waals surface area contributed by atoms with Crippen LogP contribution in [-0.2, 0) is 0 Å². The first-order valence-electron chi connectivity index (χ1n) is 13.6. The molecule has 0 atom stereocenters. The molecule has 38 heavy (non-hydrogen) atoms. The maximum atomic E-state index is 2.53. The Morgan fingerprint density at radius 3 is 1.55 bits per heavy atom. The van der Waals surface area contributed by atoms with Crippen molar-refractivity contribution in [1.82, 2.24) is 0 Å². The molecule has 0 aliphatic heterocycles. The molecule has 2 aliphatic rings. The first-order chi connectivity index (χ1) is 18.8. The van der Waals surface area contributed by atoms with Crippen LogP contribution in [-0.4, -0.2) is 0 Å². The van der Waals surface area contributed by atoms with Gasteiger partial charge in [-0.3, -0.25) is 0 Å². The molecule has 186 valence electrons. The number of rotatable bonds is 6. The smallest absolute Gasteiger partial charge is 0.0455 e. The summed E-state index contributed by atoms with van der Waals surface area (Å²) in [6, 6.07) is 41.3. The fraction of sp³-hybridized carbons (Fsp3) is 0.135. The molecular weight excluding hydrogens is 458 g/mol. The lowest BCUT2D eigenvalue weighted by molar-refractivity contribution is 0.836. The minimum absolute atomic E-state index is 1.02. The monoisotopic (exact) mass is 491 g/mol. The molecule has 0 radical (unpaired) electrons. The third kappa shape index (κ3) is 5.06. The highest BCUT2D eigenvalue weighted by atomic mass is 15.2. The van der Waals surface area contributed by atoms with Crippen LogP contribution in [0.1, 0.15) is 43.7 Å². The Morgan fingerprint density at radius 1 is 0.474 bits per heavy atom. The fourth-order valence-corrected chi connectivity index (χ4v) is 5.67. The van der Waals surface area contributed by atoms with Crippen molar-refractivity contribution in [2.45, 2.75) is 32.6 Å². The molecule has 1 heteroatoms. The van der Waals surface area contributed by atoms with Gasteiger partial charge in [-0.25, -0.2) is 0 Å². The number of benzene rings is 4. The quantitative estimate of drug-likeness (QED) is 0.259. The van der Waals surface area contributed by atoms with Crippen molar-refractivity contribution in [2.75, 3.05) is 4.90 Å². The summed E-state index contributed by atoms with van der Waals surface area (Å²) in [5, 5.41) is 0. The minimum Gasteiger partial charge on any atom is -0.318 e. The van der Waals surface area contributed by atoms with E-state index in [0.29, 0.717) is 0 Å². The van der Waals surface area contributed by atoms with Gasteiger partial charge >= 0.3 is 0 Å². The van der Waals surface area contributed by atoms with E-state index in [9.17, 15) is 0 Å². The molecular formula is C37H33N. The standard InChI is InChI=1S/C37H33N/c1-28-27-34(31-15-9-4-10-16-31)21-26-37(28)38(35-22-17-32(18-23-35)29-11-5-2-6-12-29)36-24-19-33(20-25-36)30-13-7-3-8-14-30/h2-19,22-24,27H,20-21,25-26H2,1H3. The van der Waals surface area contributed by atoms with Gasteiger partial charge in [0.15, 0.2) is 0 Å².